The molecule has 1 aliphatic rings. The highest BCUT2D eigenvalue weighted by molar-refractivity contribution is 6.12. The van der Waals surface area contributed by atoms with Crippen LogP contribution in [0.4, 0.5) is 4.39 Å². The fourth-order valence-electron chi connectivity index (χ4n) is 2.01. The Morgan fingerprint density at radius 2 is 2.00 bits per heavy atom. The fourth-order valence-corrected chi connectivity index (χ4v) is 2.01. The van der Waals surface area contributed by atoms with Gasteiger partial charge in [-0.15, -0.1) is 0 Å². The van der Waals surface area contributed by atoms with Crippen molar-refractivity contribution in [2.24, 2.45) is 4.99 Å². The van der Waals surface area contributed by atoms with Crippen LogP contribution < -0.4 is 0 Å². The Morgan fingerprint density at radius 3 is 2.77 bits per heavy atom. The first-order chi connectivity index (χ1) is 10.7. The van der Waals surface area contributed by atoms with Crippen molar-refractivity contribution < 1.29 is 13.9 Å². The SMILES string of the molecule is N#Cc1cccc(C=C2N=C(c3cccc(F)c3)OC2=O)c1. The van der Waals surface area contributed by atoms with Gasteiger partial charge in [-0.2, -0.15) is 5.26 Å². The van der Waals surface area contributed by atoms with Gasteiger partial charge >= 0.3 is 5.97 Å². The Bertz CT molecular complexity index is 863. The van der Waals surface area contributed by atoms with Gasteiger partial charge in [0.1, 0.15) is 5.82 Å². The van der Waals surface area contributed by atoms with Gasteiger partial charge in [-0.1, -0.05) is 18.2 Å². The van der Waals surface area contributed by atoms with Crippen molar-refractivity contribution in [3.8, 4) is 6.07 Å². The van der Waals surface area contributed by atoms with E-state index in [0.717, 1.165) is 0 Å². The van der Waals surface area contributed by atoms with Crippen LogP contribution in [-0.4, -0.2) is 11.9 Å². The third kappa shape index (κ3) is 2.76. The first-order valence-corrected chi connectivity index (χ1v) is 6.44. The summed E-state index contributed by atoms with van der Waals surface area (Å²) in [6.45, 7) is 0. The normalized spacial score (nSPS) is 15.4. The summed E-state index contributed by atoms with van der Waals surface area (Å²) in [6, 6.07) is 14.4. The van der Waals surface area contributed by atoms with Crippen LogP contribution in [0, 0.1) is 17.1 Å². The van der Waals surface area contributed by atoms with E-state index in [1.807, 2.05) is 6.07 Å². The molecular weight excluding hydrogens is 283 g/mol. The van der Waals surface area contributed by atoms with Crippen LogP contribution in [-0.2, 0) is 9.53 Å². The first kappa shape index (κ1) is 13.7. The number of hydrogen-bond donors (Lipinski definition) is 0. The summed E-state index contributed by atoms with van der Waals surface area (Å²) in [7, 11) is 0. The Morgan fingerprint density at radius 1 is 1.18 bits per heavy atom. The van der Waals surface area contributed by atoms with Gasteiger partial charge in [0.15, 0.2) is 5.70 Å². The van der Waals surface area contributed by atoms with Gasteiger partial charge in [0.25, 0.3) is 0 Å². The maximum Gasteiger partial charge on any atom is 0.363 e. The van der Waals surface area contributed by atoms with E-state index in [4.69, 9.17) is 10.00 Å². The molecular formula is C17H9FN2O2. The molecule has 0 amide bonds. The minimum absolute atomic E-state index is 0.0622. The molecule has 2 aromatic rings. The zero-order valence-electron chi connectivity index (χ0n) is 11.3. The molecule has 0 atom stereocenters. The molecule has 3 rings (SSSR count). The second kappa shape index (κ2) is 5.62. The number of cyclic esters (lactones) is 1. The summed E-state index contributed by atoms with van der Waals surface area (Å²) in [6.07, 6.45) is 1.52. The van der Waals surface area contributed by atoms with E-state index in [2.05, 4.69) is 4.99 Å². The third-order valence-electron chi connectivity index (χ3n) is 3.01. The fraction of sp³-hybridized carbons (Fsp3) is 0. The number of nitrogens with zero attached hydrogens (tertiary/aromatic N) is 2. The molecule has 0 fully saturated rings. The summed E-state index contributed by atoms with van der Waals surface area (Å²) in [5, 5.41) is 8.87. The van der Waals surface area contributed by atoms with Crippen molar-refractivity contribution in [2.45, 2.75) is 0 Å². The summed E-state index contributed by atoms with van der Waals surface area (Å²) in [5.41, 5.74) is 1.64. The van der Waals surface area contributed by atoms with E-state index in [1.54, 1.807) is 30.3 Å². The lowest BCUT2D eigenvalue weighted by molar-refractivity contribution is -0.129. The number of aliphatic imine (C=N–C) groups is 1. The molecule has 106 valence electrons. The molecule has 2 aromatic carbocycles. The molecule has 4 nitrogen and oxygen atoms in total. The summed E-state index contributed by atoms with van der Waals surface area (Å²) in [5.74, 6) is -0.982. The van der Waals surface area contributed by atoms with Gasteiger partial charge in [0.05, 0.1) is 11.6 Å². The number of carbonyl (C=O) groups is 1. The lowest BCUT2D eigenvalue weighted by atomic mass is 10.1. The number of hydrogen-bond acceptors (Lipinski definition) is 4. The van der Waals surface area contributed by atoms with Gasteiger partial charge in [-0.05, 0) is 42.0 Å². The van der Waals surface area contributed by atoms with Crippen LogP contribution >= 0.6 is 0 Å². The molecule has 0 spiro atoms. The lowest BCUT2D eigenvalue weighted by Crippen LogP contribution is -2.05. The highest BCUT2D eigenvalue weighted by Crippen LogP contribution is 2.19. The lowest BCUT2D eigenvalue weighted by Gasteiger charge is -1.98. The van der Waals surface area contributed by atoms with Gasteiger partial charge in [-0.3, -0.25) is 0 Å². The van der Waals surface area contributed by atoms with Crippen LogP contribution in [0.1, 0.15) is 16.7 Å². The number of halogens is 1. The van der Waals surface area contributed by atoms with Crippen LogP contribution in [0.25, 0.3) is 6.08 Å². The standard InChI is InChI=1S/C17H9FN2O2/c18-14-6-2-5-13(9-14)16-20-15(17(21)22-16)8-11-3-1-4-12(7-11)10-19/h1-9H. The third-order valence-corrected chi connectivity index (χ3v) is 3.01. The number of rotatable bonds is 2. The monoisotopic (exact) mass is 292 g/mol. The molecule has 0 aliphatic carbocycles. The van der Waals surface area contributed by atoms with Crippen LogP contribution in [0.3, 0.4) is 0 Å². The zero-order chi connectivity index (χ0) is 15.5. The minimum Gasteiger partial charge on any atom is -0.402 e. The molecule has 0 N–H and O–H groups in total. The topological polar surface area (TPSA) is 62.4 Å². The van der Waals surface area contributed by atoms with Gasteiger partial charge in [-0.25, -0.2) is 14.2 Å². The molecule has 22 heavy (non-hydrogen) atoms. The molecule has 5 heteroatoms. The predicted molar refractivity (Wildman–Crippen MR) is 78.2 cm³/mol. The van der Waals surface area contributed by atoms with Crippen molar-refractivity contribution in [1.29, 1.82) is 5.26 Å². The van der Waals surface area contributed by atoms with E-state index in [-0.39, 0.29) is 11.6 Å². The van der Waals surface area contributed by atoms with E-state index in [9.17, 15) is 9.18 Å². The molecule has 0 unspecified atom stereocenters. The molecule has 1 aliphatic heterocycles. The van der Waals surface area contributed by atoms with E-state index in [1.165, 1.54) is 24.3 Å². The highest BCUT2D eigenvalue weighted by Gasteiger charge is 2.24. The average molecular weight is 292 g/mol. The number of nitriles is 1. The van der Waals surface area contributed by atoms with Crippen molar-refractivity contribution in [3.05, 3.63) is 76.7 Å². The molecule has 0 radical (unpaired) electrons. The van der Waals surface area contributed by atoms with Gasteiger partial charge < -0.3 is 4.74 Å². The van der Waals surface area contributed by atoms with E-state index < -0.39 is 11.8 Å². The first-order valence-electron chi connectivity index (χ1n) is 6.44. The van der Waals surface area contributed by atoms with Crippen LogP contribution in [0.5, 0.6) is 0 Å². The molecule has 0 bridgehead atoms. The molecule has 0 saturated heterocycles. The van der Waals surface area contributed by atoms with Crippen molar-refractivity contribution in [1.82, 2.24) is 0 Å². The molecule has 0 saturated carbocycles. The number of ether oxygens (including phenoxy) is 1. The largest absolute Gasteiger partial charge is 0.402 e. The maximum atomic E-state index is 13.2. The van der Waals surface area contributed by atoms with Crippen molar-refractivity contribution in [3.63, 3.8) is 0 Å². The maximum absolute atomic E-state index is 13.2. The van der Waals surface area contributed by atoms with Gasteiger partial charge in [0.2, 0.25) is 5.90 Å². The van der Waals surface area contributed by atoms with Crippen molar-refractivity contribution in [2.75, 3.05) is 0 Å². The average Bonchev–Trinajstić information content (AvgIpc) is 2.89. The van der Waals surface area contributed by atoms with E-state index in [0.29, 0.717) is 16.7 Å². The molecule has 0 aromatic heterocycles. The summed E-state index contributed by atoms with van der Waals surface area (Å²) < 4.78 is 18.3. The van der Waals surface area contributed by atoms with Crippen molar-refractivity contribution >= 4 is 17.9 Å². The van der Waals surface area contributed by atoms with Crippen LogP contribution in [0.2, 0.25) is 0 Å². The zero-order valence-corrected chi connectivity index (χ0v) is 11.3. The van der Waals surface area contributed by atoms with Crippen LogP contribution in [0.15, 0.2) is 59.2 Å². The Balaban J connectivity index is 1.96. The minimum atomic E-state index is -0.610. The predicted octanol–water partition coefficient (Wildman–Crippen LogP) is 3.04. The number of carbonyl (C=O) groups excluding carboxylic acids is 1. The van der Waals surface area contributed by atoms with Gasteiger partial charge in [0, 0.05) is 5.56 Å². The summed E-state index contributed by atoms with van der Waals surface area (Å²) in [4.78, 5) is 15.9. The number of esters is 1. The Hall–Kier alpha value is -3.26. The smallest absolute Gasteiger partial charge is 0.363 e. The quantitative estimate of drug-likeness (QED) is 0.631. The number of benzene rings is 2. The Kier molecular flexibility index (Phi) is 3.50. The Labute approximate surface area is 125 Å². The summed E-state index contributed by atoms with van der Waals surface area (Å²) >= 11 is 0. The second-order valence-corrected chi connectivity index (χ2v) is 4.58. The molecule has 1 heterocycles. The highest BCUT2D eigenvalue weighted by atomic mass is 19.1. The van der Waals surface area contributed by atoms with E-state index >= 15 is 0 Å². The second-order valence-electron chi connectivity index (χ2n) is 4.58.